The van der Waals surface area contributed by atoms with Gasteiger partial charge in [-0.25, -0.2) is 0 Å². The van der Waals surface area contributed by atoms with Gasteiger partial charge in [0.25, 0.3) is 0 Å². The van der Waals surface area contributed by atoms with Crippen LogP contribution >= 0.6 is 11.8 Å². The number of benzene rings is 1. The predicted octanol–water partition coefficient (Wildman–Crippen LogP) is 4.30. The molecule has 114 valence electrons. The van der Waals surface area contributed by atoms with Crippen molar-refractivity contribution in [3.63, 3.8) is 0 Å². The zero-order valence-electron chi connectivity index (χ0n) is 12.0. The van der Waals surface area contributed by atoms with Gasteiger partial charge in [-0.2, -0.15) is 30.2 Å². The van der Waals surface area contributed by atoms with E-state index in [9.17, 15) is 13.2 Å². The summed E-state index contributed by atoms with van der Waals surface area (Å²) in [5.74, 6) is 0.902. The molecule has 1 aromatic carbocycles. The van der Waals surface area contributed by atoms with Gasteiger partial charge in [-0.1, -0.05) is 13.8 Å². The highest BCUT2D eigenvalue weighted by Crippen LogP contribution is 2.35. The molecule has 0 saturated carbocycles. The average Bonchev–Trinajstić information content (AvgIpc) is 2.58. The summed E-state index contributed by atoms with van der Waals surface area (Å²) in [5, 5.41) is 9.16. The largest absolute Gasteiger partial charge is 0.416 e. The number of nitriles is 1. The molecule has 1 fully saturated rings. The second kappa shape index (κ2) is 5.80. The molecule has 2 nitrogen and oxygen atoms in total. The van der Waals surface area contributed by atoms with Gasteiger partial charge in [-0.15, -0.1) is 0 Å². The Morgan fingerprint density at radius 1 is 1.29 bits per heavy atom. The Hall–Kier alpha value is -1.35. The molecular formula is C15H17F3N2S. The van der Waals surface area contributed by atoms with Crippen LogP contribution in [-0.4, -0.2) is 23.6 Å². The smallest absolute Gasteiger partial charge is 0.370 e. The van der Waals surface area contributed by atoms with Gasteiger partial charge in [0.1, 0.15) is 6.07 Å². The maximum atomic E-state index is 12.7. The van der Waals surface area contributed by atoms with E-state index in [-0.39, 0.29) is 10.3 Å². The molecule has 0 unspecified atom stereocenters. The lowest BCUT2D eigenvalue weighted by atomic mass is 10.1. The summed E-state index contributed by atoms with van der Waals surface area (Å²) in [4.78, 5) is 2.01. The van der Waals surface area contributed by atoms with Gasteiger partial charge < -0.3 is 4.90 Å². The number of alkyl halides is 3. The Balaban J connectivity index is 2.30. The van der Waals surface area contributed by atoms with Gasteiger partial charge in [0, 0.05) is 23.6 Å². The first-order valence-corrected chi connectivity index (χ1v) is 7.72. The monoisotopic (exact) mass is 314 g/mol. The van der Waals surface area contributed by atoms with Crippen LogP contribution in [0.4, 0.5) is 18.9 Å². The summed E-state index contributed by atoms with van der Waals surface area (Å²) in [6, 6.07) is 5.32. The Morgan fingerprint density at radius 2 is 2.00 bits per heavy atom. The number of rotatable bonds is 1. The molecule has 1 aliphatic rings. The van der Waals surface area contributed by atoms with Crippen molar-refractivity contribution in [3.8, 4) is 6.07 Å². The van der Waals surface area contributed by atoms with Gasteiger partial charge in [-0.05, 0) is 24.6 Å². The Bertz CT molecular complexity index is 561. The van der Waals surface area contributed by atoms with Crippen molar-refractivity contribution in [1.29, 1.82) is 5.26 Å². The highest BCUT2D eigenvalue weighted by Gasteiger charge is 2.32. The second-order valence-electron chi connectivity index (χ2n) is 5.69. The molecular weight excluding hydrogens is 297 g/mol. The van der Waals surface area contributed by atoms with E-state index >= 15 is 0 Å². The van der Waals surface area contributed by atoms with Crippen molar-refractivity contribution in [1.82, 2.24) is 0 Å². The lowest BCUT2D eigenvalue weighted by molar-refractivity contribution is -0.137. The minimum absolute atomic E-state index is 0.0922. The SMILES string of the molecule is CC1(C)CCN(c2ccc(C(F)(F)F)cc2C#N)CCS1. The van der Waals surface area contributed by atoms with E-state index in [0.29, 0.717) is 5.69 Å². The molecule has 0 radical (unpaired) electrons. The predicted molar refractivity (Wildman–Crippen MR) is 79.5 cm³/mol. The van der Waals surface area contributed by atoms with Crippen LogP contribution in [-0.2, 0) is 6.18 Å². The van der Waals surface area contributed by atoms with Gasteiger partial charge in [-0.3, -0.25) is 0 Å². The summed E-state index contributed by atoms with van der Waals surface area (Å²) in [5.41, 5.74) is -0.0781. The fourth-order valence-corrected chi connectivity index (χ4v) is 3.44. The van der Waals surface area contributed by atoms with Crippen molar-refractivity contribution in [2.75, 3.05) is 23.7 Å². The minimum Gasteiger partial charge on any atom is -0.370 e. The molecule has 0 bridgehead atoms. The first-order chi connectivity index (χ1) is 9.73. The zero-order valence-corrected chi connectivity index (χ0v) is 12.8. The Kier molecular flexibility index (Phi) is 4.43. The van der Waals surface area contributed by atoms with Crippen LogP contribution in [0.25, 0.3) is 0 Å². The third-order valence-electron chi connectivity index (χ3n) is 3.62. The summed E-state index contributed by atoms with van der Waals surface area (Å²) in [7, 11) is 0. The molecule has 1 heterocycles. The average molecular weight is 314 g/mol. The van der Waals surface area contributed by atoms with E-state index in [1.807, 2.05) is 22.7 Å². The second-order valence-corrected chi connectivity index (χ2v) is 7.49. The standard InChI is InChI=1S/C15H17F3N2S/c1-14(2)5-6-20(7-8-21-14)13-4-3-12(15(16,17)18)9-11(13)10-19/h3-4,9H,5-8H2,1-2H3. The van der Waals surface area contributed by atoms with Crippen LogP contribution in [0.1, 0.15) is 31.4 Å². The van der Waals surface area contributed by atoms with E-state index in [1.165, 1.54) is 6.07 Å². The quantitative estimate of drug-likeness (QED) is 0.773. The molecule has 1 aromatic rings. The van der Waals surface area contributed by atoms with Crippen LogP contribution in [0.15, 0.2) is 18.2 Å². The molecule has 0 spiro atoms. The van der Waals surface area contributed by atoms with E-state index in [4.69, 9.17) is 5.26 Å². The van der Waals surface area contributed by atoms with Crippen molar-refractivity contribution >= 4 is 17.4 Å². The van der Waals surface area contributed by atoms with E-state index in [0.717, 1.165) is 37.4 Å². The first kappa shape index (κ1) is 16.0. The first-order valence-electron chi connectivity index (χ1n) is 6.73. The number of anilines is 1. The summed E-state index contributed by atoms with van der Waals surface area (Å²) in [6.45, 7) is 5.83. The number of halogens is 3. The van der Waals surface area contributed by atoms with Crippen molar-refractivity contribution in [2.24, 2.45) is 0 Å². The van der Waals surface area contributed by atoms with Gasteiger partial charge in [0.2, 0.25) is 0 Å². The van der Waals surface area contributed by atoms with Crippen molar-refractivity contribution in [2.45, 2.75) is 31.2 Å². The maximum absolute atomic E-state index is 12.7. The minimum atomic E-state index is -4.42. The zero-order chi connectivity index (χ0) is 15.7. The van der Waals surface area contributed by atoms with E-state index < -0.39 is 11.7 Å². The highest BCUT2D eigenvalue weighted by molar-refractivity contribution is 8.00. The number of nitrogens with zero attached hydrogens (tertiary/aromatic N) is 2. The molecule has 0 aromatic heterocycles. The number of thioether (sulfide) groups is 1. The normalized spacial score (nSPS) is 19.0. The third kappa shape index (κ3) is 3.85. The molecule has 0 aliphatic carbocycles. The fourth-order valence-electron chi connectivity index (χ4n) is 2.34. The number of hydrogen-bond donors (Lipinski definition) is 0. The highest BCUT2D eigenvalue weighted by atomic mass is 32.2. The van der Waals surface area contributed by atoms with Crippen LogP contribution in [0, 0.1) is 11.3 Å². The molecule has 1 aliphatic heterocycles. The van der Waals surface area contributed by atoms with Crippen LogP contribution in [0.5, 0.6) is 0 Å². The van der Waals surface area contributed by atoms with Gasteiger partial charge in [0.15, 0.2) is 0 Å². The summed E-state index contributed by atoms with van der Waals surface area (Å²) in [6.07, 6.45) is -3.48. The van der Waals surface area contributed by atoms with E-state index in [2.05, 4.69) is 13.8 Å². The van der Waals surface area contributed by atoms with Crippen molar-refractivity contribution in [3.05, 3.63) is 29.3 Å². The molecule has 0 atom stereocenters. The van der Waals surface area contributed by atoms with Crippen LogP contribution in [0.3, 0.4) is 0 Å². The fraction of sp³-hybridized carbons (Fsp3) is 0.533. The summed E-state index contributed by atoms with van der Waals surface area (Å²) >= 11 is 1.86. The third-order valence-corrected chi connectivity index (χ3v) is 5.00. The van der Waals surface area contributed by atoms with Crippen LogP contribution in [0.2, 0.25) is 0 Å². The molecule has 2 rings (SSSR count). The van der Waals surface area contributed by atoms with Gasteiger partial charge in [0.05, 0.1) is 16.8 Å². The molecule has 0 N–H and O–H groups in total. The van der Waals surface area contributed by atoms with E-state index in [1.54, 1.807) is 0 Å². The Labute approximate surface area is 126 Å². The lowest BCUT2D eigenvalue weighted by Crippen LogP contribution is -2.27. The van der Waals surface area contributed by atoms with Crippen LogP contribution < -0.4 is 4.90 Å². The topological polar surface area (TPSA) is 27.0 Å². The molecule has 21 heavy (non-hydrogen) atoms. The lowest BCUT2D eigenvalue weighted by Gasteiger charge is -2.25. The molecule has 6 heteroatoms. The molecule has 1 saturated heterocycles. The molecule has 0 amide bonds. The number of hydrogen-bond acceptors (Lipinski definition) is 3. The maximum Gasteiger partial charge on any atom is 0.416 e. The summed E-state index contributed by atoms with van der Waals surface area (Å²) < 4.78 is 38.3. The van der Waals surface area contributed by atoms with Crippen molar-refractivity contribution < 1.29 is 13.2 Å². The van der Waals surface area contributed by atoms with Gasteiger partial charge >= 0.3 is 6.18 Å². The Morgan fingerprint density at radius 3 is 2.62 bits per heavy atom.